The molecule has 4 N–H and O–H groups in total. The van der Waals surface area contributed by atoms with Gasteiger partial charge in [-0.25, -0.2) is 18.2 Å². The van der Waals surface area contributed by atoms with Crippen molar-refractivity contribution in [3.8, 4) is 5.75 Å². The lowest BCUT2D eigenvalue weighted by molar-refractivity contribution is -0.161. The van der Waals surface area contributed by atoms with Crippen LogP contribution in [0.3, 0.4) is 0 Å². The van der Waals surface area contributed by atoms with E-state index in [0.29, 0.717) is 0 Å². The van der Waals surface area contributed by atoms with E-state index in [-0.39, 0.29) is 35.5 Å². The zero-order valence-electron chi connectivity index (χ0n) is 13.5. The summed E-state index contributed by atoms with van der Waals surface area (Å²) in [4.78, 5) is 12.9. The highest BCUT2D eigenvalue weighted by molar-refractivity contribution is 8.93. The van der Waals surface area contributed by atoms with Gasteiger partial charge in [0.05, 0.1) is 0 Å². The first kappa shape index (κ1) is 21.9. The molecule has 2 rings (SSSR count). The standard InChI is InChI=1S/C13H14F5N5O2.BrH/c1-13(2)22-11(19)21-12(20)23(13)25-4-3-24-10-8(17)6(15)5(14)7(16)9(10)18;/h3-4H2,1-2H3,(H4,19,20,21,22);1H. The van der Waals surface area contributed by atoms with Gasteiger partial charge in [0.2, 0.25) is 41.0 Å². The minimum Gasteiger partial charge on any atom is -0.485 e. The van der Waals surface area contributed by atoms with Crippen molar-refractivity contribution in [1.82, 2.24) is 5.06 Å². The van der Waals surface area contributed by atoms with Crippen LogP contribution in [-0.2, 0) is 4.84 Å². The fourth-order valence-electron chi connectivity index (χ4n) is 2.00. The fraction of sp³-hybridized carbons (Fsp3) is 0.385. The van der Waals surface area contributed by atoms with Gasteiger partial charge in [0.15, 0.2) is 11.4 Å². The van der Waals surface area contributed by atoms with Crippen molar-refractivity contribution in [1.29, 1.82) is 0 Å². The van der Waals surface area contributed by atoms with Gasteiger partial charge >= 0.3 is 0 Å². The molecule has 0 saturated carbocycles. The Balaban J connectivity index is 0.00000338. The number of halogens is 6. The van der Waals surface area contributed by atoms with E-state index in [1.807, 2.05) is 0 Å². The molecule has 1 aliphatic rings. The predicted octanol–water partition coefficient (Wildman–Crippen LogP) is 1.95. The average Bonchev–Trinajstić information content (AvgIpc) is 2.51. The largest absolute Gasteiger partial charge is 0.485 e. The van der Waals surface area contributed by atoms with E-state index >= 15 is 0 Å². The molecule has 0 aliphatic carbocycles. The first-order valence-corrected chi connectivity index (χ1v) is 6.83. The summed E-state index contributed by atoms with van der Waals surface area (Å²) in [7, 11) is 0. The van der Waals surface area contributed by atoms with Crippen LogP contribution in [0.2, 0.25) is 0 Å². The lowest BCUT2D eigenvalue weighted by Crippen LogP contribution is -2.54. The molecule has 0 aromatic heterocycles. The summed E-state index contributed by atoms with van der Waals surface area (Å²) in [5.41, 5.74) is 10.1. The van der Waals surface area contributed by atoms with Crippen LogP contribution in [0.1, 0.15) is 13.8 Å². The second-order valence-corrected chi connectivity index (χ2v) is 5.31. The Morgan fingerprint density at radius 1 is 0.923 bits per heavy atom. The molecular weight excluding hydrogens is 433 g/mol. The molecule has 0 radical (unpaired) electrons. The highest BCUT2D eigenvalue weighted by atomic mass is 79.9. The molecule has 0 fully saturated rings. The van der Waals surface area contributed by atoms with Gasteiger partial charge in [0, 0.05) is 0 Å². The third kappa shape index (κ3) is 4.15. The van der Waals surface area contributed by atoms with E-state index in [9.17, 15) is 22.0 Å². The van der Waals surface area contributed by atoms with Crippen LogP contribution in [-0.4, -0.2) is 35.9 Å². The first-order valence-electron chi connectivity index (χ1n) is 6.83. The van der Waals surface area contributed by atoms with Crippen molar-refractivity contribution in [2.75, 3.05) is 13.2 Å². The minimum absolute atomic E-state index is 0. The number of ether oxygens (including phenoxy) is 1. The molecule has 1 aliphatic heterocycles. The molecule has 0 bridgehead atoms. The van der Waals surface area contributed by atoms with Crippen molar-refractivity contribution < 1.29 is 31.5 Å². The van der Waals surface area contributed by atoms with Gasteiger partial charge in [-0.15, -0.1) is 17.0 Å². The summed E-state index contributed by atoms with van der Waals surface area (Å²) in [6.07, 6.45) is 0. The van der Waals surface area contributed by atoms with Crippen LogP contribution in [0.4, 0.5) is 22.0 Å². The van der Waals surface area contributed by atoms with E-state index in [1.165, 1.54) is 0 Å². The molecule has 0 amide bonds. The molecule has 7 nitrogen and oxygen atoms in total. The van der Waals surface area contributed by atoms with Crippen molar-refractivity contribution in [2.45, 2.75) is 19.5 Å². The number of nitrogens with two attached hydrogens (primary N) is 2. The summed E-state index contributed by atoms with van der Waals surface area (Å²) in [6.45, 7) is 2.28. The first-order chi connectivity index (χ1) is 11.6. The minimum atomic E-state index is -2.27. The van der Waals surface area contributed by atoms with Crippen molar-refractivity contribution in [3.05, 3.63) is 29.1 Å². The maximum absolute atomic E-state index is 13.4. The number of rotatable bonds is 5. The molecule has 0 atom stereocenters. The summed E-state index contributed by atoms with van der Waals surface area (Å²) in [5.74, 6) is -12.2. The Bertz CT molecular complexity index is 730. The highest BCUT2D eigenvalue weighted by Gasteiger charge is 2.33. The predicted molar refractivity (Wildman–Crippen MR) is 87.2 cm³/mol. The zero-order valence-corrected chi connectivity index (χ0v) is 15.2. The van der Waals surface area contributed by atoms with E-state index < -0.39 is 47.1 Å². The summed E-state index contributed by atoms with van der Waals surface area (Å²) in [5, 5.41) is 1.06. The van der Waals surface area contributed by atoms with Crippen molar-refractivity contribution in [3.63, 3.8) is 0 Å². The molecule has 146 valence electrons. The van der Waals surface area contributed by atoms with Crippen LogP contribution < -0.4 is 16.2 Å². The Hall–Kier alpha value is -2.15. The van der Waals surface area contributed by atoms with Gasteiger partial charge < -0.3 is 16.2 Å². The maximum Gasteiger partial charge on any atom is 0.226 e. The van der Waals surface area contributed by atoms with Gasteiger partial charge in [-0.05, 0) is 13.8 Å². The Labute approximate surface area is 155 Å². The monoisotopic (exact) mass is 447 g/mol. The van der Waals surface area contributed by atoms with Crippen LogP contribution in [0.25, 0.3) is 0 Å². The summed E-state index contributed by atoms with van der Waals surface area (Å²) < 4.78 is 70.5. The van der Waals surface area contributed by atoms with Gasteiger partial charge in [0.25, 0.3) is 0 Å². The smallest absolute Gasteiger partial charge is 0.226 e. The van der Waals surface area contributed by atoms with Gasteiger partial charge in [-0.2, -0.15) is 18.8 Å². The molecule has 1 heterocycles. The molecule has 1 aromatic rings. The Morgan fingerprint density at radius 3 is 1.92 bits per heavy atom. The normalized spacial score (nSPS) is 15.9. The van der Waals surface area contributed by atoms with E-state index in [4.69, 9.17) is 16.3 Å². The quantitative estimate of drug-likeness (QED) is 0.311. The number of aliphatic imine (C=N–C) groups is 2. The summed E-state index contributed by atoms with van der Waals surface area (Å²) in [6, 6.07) is 0. The molecule has 13 heteroatoms. The third-order valence-electron chi connectivity index (χ3n) is 3.04. The lowest BCUT2D eigenvalue weighted by atomic mass is 10.2. The highest BCUT2D eigenvalue weighted by Crippen LogP contribution is 2.29. The van der Waals surface area contributed by atoms with E-state index in [0.717, 1.165) is 5.06 Å². The topological polar surface area (TPSA) is 98.5 Å². The molecule has 0 spiro atoms. The molecule has 0 saturated heterocycles. The van der Waals surface area contributed by atoms with E-state index in [1.54, 1.807) is 13.8 Å². The maximum atomic E-state index is 13.4. The van der Waals surface area contributed by atoms with Crippen molar-refractivity contribution >= 4 is 28.9 Å². The average molecular weight is 448 g/mol. The lowest BCUT2D eigenvalue weighted by Gasteiger charge is -2.36. The van der Waals surface area contributed by atoms with Crippen LogP contribution in [0, 0.1) is 29.1 Å². The molecule has 26 heavy (non-hydrogen) atoms. The zero-order chi connectivity index (χ0) is 18.9. The number of hydrogen-bond donors (Lipinski definition) is 2. The van der Waals surface area contributed by atoms with Crippen LogP contribution in [0.15, 0.2) is 9.98 Å². The molecule has 1 aromatic carbocycles. The number of benzene rings is 1. The van der Waals surface area contributed by atoms with Gasteiger partial charge in [-0.3, -0.25) is 4.84 Å². The number of hydroxylamine groups is 2. The van der Waals surface area contributed by atoms with Gasteiger partial charge in [-0.1, -0.05) is 0 Å². The number of nitrogens with zero attached hydrogens (tertiary/aromatic N) is 3. The third-order valence-corrected chi connectivity index (χ3v) is 3.04. The summed E-state index contributed by atoms with van der Waals surface area (Å²) >= 11 is 0. The van der Waals surface area contributed by atoms with E-state index in [2.05, 4.69) is 14.7 Å². The number of hydrogen-bond acceptors (Lipinski definition) is 7. The second-order valence-electron chi connectivity index (χ2n) is 5.31. The Morgan fingerprint density at radius 2 is 1.42 bits per heavy atom. The fourth-order valence-corrected chi connectivity index (χ4v) is 2.00. The van der Waals surface area contributed by atoms with Crippen molar-refractivity contribution in [2.24, 2.45) is 21.5 Å². The second kappa shape index (κ2) is 8.03. The Kier molecular flexibility index (Phi) is 6.76. The number of guanidine groups is 2. The SMILES string of the molecule is Br.CC1(C)N=C(N)N=C(N)N1OCCOc1c(F)c(F)c(F)c(F)c1F. The van der Waals surface area contributed by atoms with Crippen LogP contribution >= 0.6 is 17.0 Å². The van der Waals surface area contributed by atoms with Crippen LogP contribution in [0.5, 0.6) is 5.75 Å². The molecular formula is C13H15BrF5N5O2. The van der Waals surface area contributed by atoms with Gasteiger partial charge in [0.1, 0.15) is 13.2 Å². The molecule has 0 unspecified atom stereocenters.